The molecule has 5 heteroatoms. The molecule has 2 N–H and O–H groups in total. The van der Waals surface area contributed by atoms with Crippen molar-refractivity contribution < 1.29 is 4.39 Å². The van der Waals surface area contributed by atoms with Crippen LogP contribution < -0.4 is 5.73 Å². The summed E-state index contributed by atoms with van der Waals surface area (Å²) in [5, 5.41) is 0.0946. The Kier molecular flexibility index (Phi) is 2.97. The Hall–Kier alpha value is -1.91. The third-order valence-corrected chi connectivity index (χ3v) is 3.25. The molecule has 0 bridgehead atoms. The van der Waals surface area contributed by atoms with E-state index in [4.69, 9.17) is 17.3 Å². The number of halogens is 2. The number of nitrogens with zero attached hydrogens (tertiary/aromatic N) is 2. The molecule has 3 rings (SSSR count). The molecule has 2 heterocycles. The van der Waals surface area contributed by atoms with Gasteiger partial charge in [0, 0.05) is 24.5 Å². The summed E-state index contributed by atoms with van der Waals surface area (Å²) >= 11 is 5.78. The van der Waals surface area contributed by atoms with Gasteiger partial charge < -0.3 is 10.1 Å². The van der Waals surface area contributed by atoms with E-state index in [0.717, 1.165) is 22.5 Å². The maximum atomic E-state index is 13.1. The number of nitrogens with two attached hydrogens (primary N) is 1. The van der Waals surface area contributed by atoms with Gasteiger partial charge in [-0.3, -0.25) is 0 Å². The second-order valence-corrected chi connectivity index (χ2v) is 4.67. The van der Waals surface area contributed by atoms with Crippen LogP contribution in [0.5, 0.6) is 0 Å². The largest absolute Gasteiger partial charge is 0.326 e. The smallest absolute Gasteiger partial charge is 0.141 e. The molecule has 0 saturated carbocycles. The molecule has 0 radical (unpaired) electrons. The first-order valence-electron chi connectivity index (χ1n) is 5.80. The van der Waals surface area contributed by atoms with Gasteiger partial charge in [0.15, 0.2) is 0 Å². The zero-order valence-corrected chi connectivity index (χ0v) is 10.7. The lowest BCUT2D eigenvalue weighted by molar-refractivity contribution is 0.628. The molecular formula is C14H11ClFN3. The van der Waals surface area contributed by atoms with Crippen molar-refractivity contribution >= 4 is 17.2 Å². The Morgan fingerprint density at radius 1 is 1.21 bits per heavy atom. The lowest BCUT2D eigenvalue weighted by atomic mass is 10.2. The molecule has 19 heavy (non-hydrogen) atoms. The number of fused-ring (bicyclic) bond motifs is 1. The number of hydrogen-bond donors (Lipinski definition) is 1. The van der Waals surface area contributed by atoms with Crippen molar-refractivity contribution in [3.63, 3.8) is 0 Å². The van der Waals surface area contributed by atoms with Gasteiger partial charge in [-0.1, -0.05) is 17.7 Å². The average Bonchev–Trinajstić information content (AvgIpc) is 2.84. The average molecular weight is 276 g/mol. The zero-order valence-electron chi connectivity index (χ0n) is 9.98. The Labute approximate surface area is 114 Å². The summed E-state index contributed by atoms with van der Waals surface area (Å²) in [6, 6.07) is 8.41. The van der Waals surface area contributed by atoms with Crippen LogP contribution in [0.15, 0.2) is 42.7 Å². The predicted molar refractivity (Wildman–Crippen MR) is 73.5 cm³/mol. The van der Waals surface area contributed by atoms with E-state index in [-0.39, 0.29) is 5.02 Å². The van der Waals surface area contributed by atoms with E-state index in [1.807, 2.05) is 28.9 Å². The predicted octanol–water partition coefficient (Wildman–Crippen LogP) is 3.25. The van der Waals surface area contributed by atoms with E-state index in [9.17, 15) is 4.39 Å². The van der Waals surface area contributed by atoms with Crippen LogP contribution in [0, 0.1) is 5.82 Å². The van der Waals surface area contributed by atoms with Gasteiger partial charge in [-0.15, -0.1) is 0 Å². The highest BCUT2D eigenvalue weighted by atomic mass is 35.5. The van der Waals surface area contributed by atoms with Crippen LogP contribution in [0.1, 0.15) is 5.56 Å². The normalized spacial score (nSPS) is 11.1. The van der Waals surface area contributed by atoms with Crippen LogP contribution in [0.2, 0.25) is 5.02 Å². The van der Waals surface area contributed by atoms with Crippen LogP contribution in [-0.4, -0.2) is 9.38 Å². The summed E-state index contributed by atoms with van der Waals surface area (Å²) < 4.78 is 15.0. The van der Waals surface area contributed by atoms with E-state index in [1.54, 1.807) is 12.1 Å². The van der Waals surface area contributed by atoms with E-state index in [1.165, 1.54) is 6.07 Å². The number of imidazole rings is 1. The first-order valence-corrected chi connectivity index (χ1v) is 6.18. The number of benzene rings is 1. The minimum Gasteiger partial charge on any atom is -0.326 e. The van der Waals surface area contributed by atoms with Crippen LogP contribution in [0.4, 0.5) is 4.39 Å². The summed E-state index contributed by atoms with van der Waals surface area (Å²) in [6.45, 7) is 0.478. The van der Waals surface area contributed by atoms with E-state index in [2.05, 4.69) is 4.98 Å². The molecule has 0 amide bonds. The highest BCUT2D eigenvalue weighted by molar-refractivity contribution is 6.31. The first kappa shape index (κ1) is 12.1. The molecule has 1 aromatic carbocycles. The Morgan fingerprint density at radius 3 is 2.79 bits per heavy atom. The molecule has 0 aliphatic carbocycles. The van der Waals surface area contributed by atoms with Crippen molar-refractivity contribution in [1.82, 2.24) is 9.38 Å². The molecule has 0 unspecified atom stereocenters. The summed E-state index contributed by atoms with van der Waals surface area (Å²) in [6.07, 6.45) is 3.80. The second kappa shape index (κ2) is 4.64. The van der Waals surface area contributed by atoms with Gasteiger partial charge in [0.2, 0.25) is 0 Å². The highest BCUT2D eigenvalue weighted by Gasteiger charge is 2.07. The summed E-state index contributed by atoms with van der Waals surface area (Å²) in [5.41, 5.74) is 8.97. The zero-order chi connectivity index (χ0) is 13.4. The molecule has 2 aromatic heterocycles. The maximum Gasteiger partial charge on any atom is 0.141 e. The van der Waals surface area contributed by atoms with Gasteiger partial charge in [0.05, 0.1) is 10.7 Å². The van der Waals surface area contributed by atoms with E-state index >= 15 is 0 Å². The molecule has 0 aliphatic rings. The Morgan fingerprint density at radius 2 is 2.05 bits per heavy atom. The lowest BCUT2D eigenvalue weighted by Gasteiger charge is -1.98. The first-order chi connectivity index (χ1) is 9.17. The molecule has 0 spiro atoms. The van der Waals surface area contributed by atoms with Crippen molar-refractivity contribution in [1.29, 1.82) is 0 Å². The molecule has 3 nitrogen and oxygen atoms in total. The molecule has 0 atom stereocenters. The van der Waals surface area contributed by atoms with Gasteiger partial charge in [-0.05, 0) is 29.8 Å². The van der Waals surface area contributed by atoms with Crippen molar-refractivity contribution in [2.75, 3.05) is 0 Å². The standard InChI is InChI=1S/C14H11ClFN3/c15-11-5-10(2-3-12(11)16)13-8-19-7-9(6-17)1-4-14(19)18-13/h1-5,7-8H,6,17H2. The van der Waals surface area contributed by atoms with Crippen LogP contribution in [0.25, 0.3) is 16.9 Å². The number of pyridine rings is 1. The Bertz CT molecular complexity index is 752. The summed E-state index contributed by atoms with van der Waals surface area (Å²) in [7, 11) is 0. The molecule has 3 aromatic rings. The van der Waals surface area contributed by atoms with Crippen LogP contribution in [0.3, 0.4) is 0 Å². The van der Waals surface area contributed by atoms with Gasteiger partial charge in [0.1, 0.15) is 11.5 Å². The van der Waals surface area contributed by atoms with Gasteiger partial charge >= 0.3 is 0 Å². The van der Waals surface area contributed by atoms with Crippen molar-refractivity contribution in [2.45, 2.75) is 6.54 Å². The number of rotatable bonds is 2. The van der Waals surface area contributed by atoms with Gasteiger partial charge in [0.25, 0.3) is 0 Å². The van der Waals surface area contributed by atoms with E-state index in [0.29, 0.717) is 6.54 Å². The quantitative estimate of drug-likeness (QED) is 0.780. The SMILES string of the molecule is NCc1ccc2nc(-c3ccc(F)c(Cl)c3)cn2c1. The topological polar surface area (TPSA) is 43.3 Å². The molecule has 0 fully saturated rings. The fourth-order valence-electron chi connectivity index (χ4n) is 1.95. The minimum atomic E-state index is -0.431. The van der Waals surface area contributed by atoms with Crippen molar-refractivity contribution in [2.24, 2.45) is 5.73 Å². The summed E-state index contributed by atoms with van der Waals surface area (Å²) in [5.74, 6) is -0.431. The number of aromatic nitrogens is 2. The second-order valence-electron chi connectivity index (χ2n) is 4.26. The third kappa shape index (κ3) is 2.20. The van der Waals surface area contributed by atoms with E-state index < -0.39 is 5.82 Å². The van der Waals surface area contributed by atoms with Gasteiger partial charge in [-0.25, -0.2) is 9.37 Å². The fourth-order valence-corrected chi connectivity index (χ4v) is 2.13. The molecule has 0 saturated heterocycles. The van der Waals surface area contributed by atoms with Crippen molar-refractivity contribution in [3.8, 4) is 11.3 Å². The summed E-state index contributed by atoms with van der Waals surface area (Å²) in [4.78, 5) is 4.47. The minimum absolute atomic E-state index is 0.0946. The van der Waals surface area contributed by atoms with Gasteiger partial charge in [-0.2, -0.15) is 0 Å². The molecular weight excluding hydrogens is 265 g/mol. The molecule has 96 valence electrons. The van der Waals surface area contributed by atoms with Crippen LogP contribution >= 0.6 is 11.6 Å². The lowest BCUT2D eigenvalue weighted by Crippen LogP contribution is -1.97. The third-order valence-electron chi connectivity index (χ3n) is 2.96. The maximum absolute atomic E-state index is 13.1. The monoisotopic (exact) mass is 275 g/mol. The van der Waals surface area contributed by atoms with Crippen molar-refractivity contribution in [3.05, 3.63) is 59.1 Å². The Balaban J connectivity index is 2.11. The van der Waals surface area contributed by atoms with Crippen LogP contribution in [-0.2, 0) is 6.54 Å². The molecule has 0 aliphatic heterocycles. The fraction of sp³-hybridized carbons (Fsp3) is 0.0714. The number of hydrogen-bond acceptors (Lipinski definition) is 2. The highest BCUT2D eigenvalue weighted by Crippen LogP contribution is 2.24.